The second-order valence-electron chi connectivity index (χ2n) is 10.8. The van der Waals surface area contributed by atoms with Gasteiger partial charge >= 0.3 is 0 Å². The van der Waals surface area contributed by atoms with Crippen LogP contribution in [0.1, 0.15) is 53.9 Å². The molecule has 4 nitrogen and oxygen atoms in total. The van der Waals surface area contributed by atoms with Crippen molar-refractivity contribution in [3.05, 3.63) is 77.7 Å². The van der Waals surface area contributed by atoms with Gasteiger partial charge in [-0.1, -0.05) is 49.6 Å². The number of carbonyl (C=O) groups is 1. The number of hydrogen-bond donors (Lipinski definition) is 0. The molecule has 2 aromatic carbocycles. The number of amides is 1. The van der Waals surface area contributed by atoms with E-state index >= 15 is 0 Å². The smallest absolute Gasteiger partial charge is 0.256 e. The minimum Gasteiger partial charge on any atom is -0.338 e. The van der Waals surface area contributed by atoms with E-state index < -0.39 is 0 Å². The molecule has 5 heteroatoms. The minimum absolute atomic E-state index is 0.135. The van der Waals surface area contributed by atoms with Crippen molar-refractivity contribution in [2.75, 3.05) is 32.7 Å². The number of nitrogens with zero attached hydrogens (tertiary/aromatic N) is 3. The van der Waals surface area contributed by atoms with E-state index in [0.29, 0.717) is 17.8 Å². The predicted molar refractivity (Wildman–Crippen MR) is 137 cm³/mol. The van der Waals surface area contributed by atoms with Crippen LogP contribution in [0.4, 0.5) is 4.39 Å². The molecule has 182 valence electrons. The molecule has 1 saturated carbocycles. The Balaban J connectivity index is 1.13. The van der Waals surface area contributed by atoms with Crippen LogP contribution in [0.25, 0.3) is 10.9 Å². The maximum Gasteiger partial charge on any atom is 0.256 e. The number of hydrogen-bond acceptors (Lipinski definition) is 3. The molecule has 3 fully saturated rings. The van der Waals surface area contributed by atoms with Gasteiger partial charge in [-0.2, -0.15) is 0 Å². The summed E-state index contributed by atoms with van der Waals surface area (Å²) in [5.74, 6) is 2.40. The van der Waals surface area contributed by atoms with Crippen LogP contribution < -0.4 is 0 Å². The maximum atomic E-state index is 13.6. The maximum absolute atomic E-state index is 13.6. The third-order valence-electron chi connectivity index (χ3n) is 8.82. The van der Waals surface area contributed by atoms with Gasteiger partial charge in [0, 0.05) is 31.2 Å². The number of piperidine rings is 1. The highest BCUT2D eigenvalue weighted by Crippen LogP contribution is 2.42. The number of pyridine rings is 1. The summed E-state index contributed by atoms with van der Waals surface area (Å²) in [6, 6.07) is 16.9. The van der Waals surface area contributed by atoms with Gasteiger partial charge < -0.3 is 9.80 Å². The topological polar surface area (TPSA) is 36.4 Å². The zero-order valence-corrected chi connectivity index (χ0v) is 20.3. The first-order valence-corrected chi connectivity index (χ1v) is 13.3. The summed E-state index contributed by atoms with van der Waals surface area (Å²) < 4.78 is 13.3. The molecule has 0 unspecified atom stereocenters. The molecule has 2 atom stereocenters. The molecule has 3 aromatic rings. The highest BCUT2D eigenvalue weighted by molar-refractivity contribution is 6.05. The number of carbonyl (C=O) groups excluding carboxylic acids is 1. The molecule has 1 aromatic heterocycles. The minimum atomic E-state index is -0.159. The summed E-state index contributed by atoms with van der Waals surface area (Å²) in [5, 5.41) is 1.02. The van der Waals surface area contributed by atoms with E-state index in [9.17, 15) is 9.18 Å². The molecule has 1 amide bonds. The van der Waals surface area contributed by atoms with E-state index in [0.717, 1.165) is 67.9 Å². The van der Waals surface area contributed by atoms with Crippen molar-refractivity contribution in [2.24, 2.45) is 17.8 Å². The van der Waals surface area contributed by atoms with E-state index in [1.165, 1.54) is 24.8 Å². The molecule has 6 rings (SSSR count). The molecule has 2 saturated heterocycles. The highest BCUT2D eigenvalue weighted by atomic mass is 19.1. The van der Waals surface area contributed by atoms with Gasteiger partial charge in [0.15, 0.2) is 0 Å². The fraction of sp³-hybridized carbons (Fsp3) is 0.467. The van der Waals surface area contributed by atoms with Crippen LogP contribution in [0.5, 0.6) is 0 Å². The molecule has 3 aliphatic rings. The van der Waals surface area contributed by atoms with Crippen LogP contribution in [0.15, 0.2) is 60.8 Å². The average Bonchev–Trinajstić information content (AvgIpc) is 3.26. The van der Waals surface area contributed by atoms with Gasteiger partial charge in [0.2, 0.25) is 0 Å². The molecular formula is C30H34FN3O. The van der Waals surface area contributed by atoms with Crippen LogP contribution >= 0.6 is 0 Å². The quantitative estimate of drug-likeness (QED) is 0.476. The number of rotatable bonds is 5. The fourth-order valence-electron chi connectivity index (χ4n) is 6.62. The zero-order chi connectivity index (χ0) is 23.8. The molecule has 0 spiro atoms. The number of benzene rings is 2. The zero-order valence-electron chi connectivity index (χ0n) is 20.3. The van der Waals surface area contributed by atoms with Crippen LogP contribution in [-0.2, 0) is 0 Å². The van der Waals surface area contributed by atoms with E-state index in [-0.39, 0.29) is 11.7 Å². The highest BCUT2D eigenvalue weighted by Gasteiger charge is 2.42. The summed E-state index contributed by atoms with van der Waals surface area (Å²) in [4.78, 5) is 22.9. The standard InChI is InChI=1S/C30H34FN3O/c31-26-11-9-21(10-12-26)22-13-16-33(17-14-22)18-25-19-34(20-28(25)23-4-1-5-23)30(35)27-8-2-6-24-7-3-15-32-29(24)27/h2-3,6-12,15,22-23,25,28H,1,4-5,13-14,16-20H2/t25-,28+/m1/s1. The summed E-state index contributed by atoms with van der Waals surface area (Å²) in [5.41, 5.74) is 2.81. The Kier molecular flexibility index (Phi) is 6.28. The van der Waals surface area contributed by atoms with E-state index in [1.807, 2.05) is 42.5 Å². The van der Waals surface area contributed by atoms with Gasteiger partial charge in [-0.25, -0.2) is 4.39 Å². The summed E-state index contributed by atoms with van der Waals surface area (Å²) >= 11 is 0. The second kappa shape index (κ2) is 9.69. The van der Waals surface area contributed by atoms with Crippen molar-refractivity contribution in [3.8, 4) is 0 Å². The van der Waals surface area contributed by atoms with Gasteiger partial charge in [-0.05, 0) is 79.4 Å². The van der Waals surface area contributed by atoms with Gasteiger partial charge in [-0.15, -0.1) is 0 Å². The number of likely N-dealkylation sites (tertiary alicyclic amines) is 2. The molecule has 35 heavy (non-hydrogen) atoms. The summed E-state index contributed by atoms with van der Waals surface area (Å²) in [6.07, 6.45) is 7.97. The van der Waals surface area contributed by atoms with Gasteiger partial charge in [0.1, 0.15) is 5.82 Å². The fourth-order valence-corrected chi connectivity index (χ4v) is 6.62. The largest absolute Gasteiger partial charge is 0.338 e. The Hall–Kier alpha value is -2.79. The van der Waals surface area contributed by atoms with Gasteiger partial charge in [-0.3, -0.25) is 9.78 Å². The Morgan fingerprint density at radius 1 is 0.943 bits per heavy atom. The number of fused-ring (bicyclic) bond motifs is 1. The Morgan fingerprint density at radius 2 is 1.71 bits per heavy atom. The monoisotopic (exact) mass is 471 g/mol. The van der Waals surface area contributed by atoms with E-state index in [1.54, 1.807) is 18.3 Å². The Morgan fingerprint density at radius 3 is 2.46 bits per heavy atom. The van der Waals surface area contributed by atoms with Crippen molar-refractivity contribution in [3.63, 3.8) is 0 Å². The molecule has 3 heterocycles. The van der Waals surface area contributed by atoms with Crippen molar-refractivity contribution in [2.45, 2.75) is 38.0 Å². The second-order valence-corrected chi connectivity index (χ2v) is 10.8. The molecule has 2 aliphatic heterocycles. The van der Waals surface area contributed by atoms with Crippen LogP contribution in [0, 0.1) is 23.6 Å². The first-order chi connectivity index (χ1) is 17.2. The molecule has 0 bridgehead atoms. The van der Waals surface area contributed by atoms with Crippen LogP contribution in [0.2, 0.25) is 0 Å². The lowest BCUT2D eigenvalue weighted by Gasteiger charge is -2.38. The van der Waals surface area contributed by atoms with Gasteiger partial charge in [0.25, 0.3) is 5.91 Å². The first kappa shape index (κ1) is 22.7. The Bertz CT molecular complexity index is 1180. The third kappa shape index (κ3) is 4.58. The van der Waals surface area contributed by atoms with Crippen molar-refractivity contribution in [1.82, 2.24) is 14.8 Å². The van der Waals surface area contributed by atoms with Gasteiger partial charge in [0.05, 0.1) is 11.1 Å². The van der Waals surface area contributed by atoms with Crippen molar-refractivity contribution in [1.29, 1.82) is 0 Å². The molecule has 0 radical (unpaired) electrons. The molecular weight excluding hydrogens is 437 g/mol. The first-order valence-electron chi connectivity index (χ1n) is 13.3. The van der Waals surface area contributed by atoms with E-state index in [2.05, 4.69) is 14.8 Å². The van der Waals surface area contributed by atoms with Crippen molar-refractivity contribution >= 4 is 16.8 Å². The molecule has 1 aliphatic carbocycles. The number of halogens is 1. The Labute approximate surface area is 207 Å². The lowest BCUT2D eigenvalue weighted by Crippen LogP contribution is -2.40. The predicted octanol–water partition coefficient (Wildman–Crippen LogP) is 5.74. The SMILES string of the molecule is O=C(c1cccc2cccnc12)N1C[C@@H](CN2CCC(c3ccc(F)cc3)CC2)[C@H](C2CCC2)C1. The van der Waals surface area contributed by atoms with Crippen LogP contribution in [0.3, 0.4) is 0 Å². The number of para-hydroxylation sites is 1. The number of aromatic nitrogens is 1. The summed E-state index contributed by atoms with van der Waals surface area (Å²) in [7, 11) is 0. The van der Waals surface area contributed by atoms with Crippen LogP contribution in [-0.4, -0.2) is 53.4 Å². The lowest BCUT2D eigenvalue weighted by molar-refractivity contribution is 0.0776. The normalized spacial score (nSPS) is 24.1. The average molecular weight is 472 g/mol. The third-order valence-corrected chi connectivity index (χ3v) is 8.82. The molecule has 0 N–H and O–H groups in total. The summed E-state index contributed by atoms with van der Waals surface area (Å²) in [6.45, 7) is 4.97. The van der Waals surface area contributed by atoms with E-state index in [4.69, 9.17) is 0 Å². The van der Waals surface area contributed by atoms with Crippen molar-refractivity contribution < 1.29 is 9.18 Å². The lowest BCUT2D eigenvalue weighted by atomic mass is 9.71.